The van der Waals surface area contributed by atoms with E-state index in [9.17, 15) is 0 Å². The third-order valence-electron chi connectivity index (χ3n) is 1.46. The average Bonchev–Trinajstić information content (AvgIpc) is 2.40. The van der Waals surface area contributed by atoms with Crippen LogP contribution in [0.2, 0.25) is 0 Å². The van der Waals surface area contributed by atoms with E-state index in [1.807, 2.05) is 56.4 Å². The smallest absolute Gasteiger partial charge is 0.00456 e. The fourth-order valence-electron chi connectivity index (χ4n) is 0. The number of hydrogen-bond donors (Lipinski definition) is 0. The summed E-state index contributed by atoms with van der Waals surface area (Å²) in [6, 6.07) is 0. The maximum atomic E-state index is 4.56. The molecule has 0 amide bonds. The van der Waals surface area contributed by atoms with Crippen LogP contribution in [0.15, 0.2) is 0 Å². The van der Waals surface area contributed by atoms with Crippen molar-refractivity contribution in [2.45, 2.75) is 0 Å². The minimum absolute atomic E-state index is 0. The number of rotatable bonds is 0. The van der Waals surface area contributed by atoms with Crippen LogP contribution in [0.25, 0.3) is 0 Å². The van der Waals surface area contributed by atoms with Gasteiger partial charge in [0.2, 0.25) is 0 Å². The largest absolute Gasteiger partial charge is 0.411 e. The van der Waals surface area contributed by atoms with Crippen LogP contribution in [0.1, 0.15) is 0 Å². The maximum absolute atomic E-state index is 4.56. The van der Waals surface area contributed by atoms with Crippen LogP contribution in [0.4, 0.5) is 0 Å². The van der Waals surface area contributed by atoms with Crippen molar-refractivity contribution in [3.8, 4) is 0 Å². The zero-order valence-corrected chi connectivity index (χ0v) is 26.0. The topological polar surface area (TPSA) is 13.0 Å². The van der Waals surface area contributed by atoms with Crippen molar-refractivity contribution in [2.24, 2.45) is 0 Å². The average molecular weight is 688 g/mol. The predicted molar refractivity (Wildman–Crippen MR) is 140 cm³/mol. The summed E-state index contributed by atoms with van der Waals surface area (Å²) in [7, 11) is 14.6. The second-order valence-corrected chi connectivity index (χ2v) is 8.77. The third kappa shape index (κ3) is 45.9. The first kappa shape index (κ1) is 37.2. The second-order valence-electron chi connectivity index (χ2n) is 4.64. The van der Waals surface area contributed by atoms with Crippen LogP contribution >= 0.6 is 48.9 Å². The normalized spacial score (nSPS) is 7.36. The van der Waals surface area contributed by atoms with Crippen LogP contribution in [-0.2, 0) is 50.5 Å². The van der Waals surface area contributed by atoms with Gasteiger partial charge in [-0.05, 0) is 0 Å². The van der Waals surface area contributed by atoms with Crippen LogP contribution in [-0.4, -0.2) is 121 Å². The Hall–Kier alpha value is 1.36. The van der Waals surface area contributed by atoms with Crippen molar-refractivity contribution in [2.75, 3.05) is 56.4 Å². The van der Waals surface area contributed by atoms with Crippen molar-refractivity contribution in [1.82, 2.24) is 19.6 Å². The summed E-state index contributed by atoms with van der Waals surface area (Å²) in [5.41, 5.74) is 0. The van der Waals surface area contributed by atoms with Crippen molar-refractivity contribution < 1.29 is 0 Å². The Morgan fingerprint density at radius 2 is 0.480 bits per heavy atom. The molecule has 0 aliphatic carbocycles. The van der Waals surface area contributed by atoms with Gasteiger partial charge in [0, 0.05) is 83.7 Å². The summed E-state index contributed by atoms with van der Waals surface area (Å²) < 4.78 is 2.04. The molecule has 13 heteroatoms. The molecule has 25 heavy (non-hydrogen) atoms. The van der Waals surface area contributed by atoms with Gasteiger partial charge in [0.15, 0.2) is 0 Å². The first-order chi connectivity index (χ1) is 10.6. The Labute approximate surface area is 217 Å². The summed E-state index contributed by atoms with van der Waals surface area (Å²) in [6.45, 7) is 0. The fraction of sp³-hybridized carbons (Fsp3) is 0.667. The molecule has 0 aromatic heterocycles. The Morgan fingerprint density at radius 1 is 0.440 bits per heavy atom. The van der Waals surface area contributed by atoms with Gasteiger partial charge in [-0.3, -0.25) is 0 Å². The van der Waals surface area contributed by atoms with Gasteiger partial charge in [0.05, 0.1) is 0 Å². The summed E-state index contributed by atoms with van der Waals surface area (Å²) in [5.74, 6) is 0. The number of hydrogen-bond acceptors (Lipinski definition) is 8. The van der Waals surface area contributed by atoms with Gasteiger partial charge in [-0.25, -0.2) is 0 Å². The van der Waals surface area contributed by atoms with E-state index in [0.717, 1.165) is 0 Å². The molecular weight excluding hydrogens is 664 g/mol. The van der Waals surface area contributed by atoms with Crippen LogP contribution < -0.4 is 0 Å². The molecule has 0 aromatic rings. The molecule has 0 saturated heterocycles. The molecule has 0 aliphatic heterocycles. The monoisotopic (exact) mass is 688 g/mol. The summed E-state index contributed by atoms with van der Waals surface area (Å²) in [5, 5.41) is 0. The quantitative estimate of drug-likeness (QED) is 0.206. The predicted octanol–water partition coefficient (Wildman–Crippen LogP) is 1.14. The van der Waals surface area contributed by atoms with Crippen molar-refractivity contribution in [3.05, 3.63) is 0 Å². The molecule has 0 spiro atoms. The SMILES string of the molecule is CN(C)C(=S)[S-].CN(C)C(=S)[S-].CN(C)C(=S)[S-].CN(C)C(=S)[S-].[Pb]. The van der Waals surface area contributed by atoms with Crippen LogP contribution in [0.3, 0.4) is 0 Å². The van der Waals surface area contributed by atoms with Gasteiger partial charge < -0.3 is 119 Å². The molecule has 0 heterocycles. The van der Waals surface area contributed by atoms with Crippen LogP contribution in [0, 0.1) is 0 Å². The molecule has 148 valence electrons. The van der Waals surface area contributed by atoms with Crippen LogP contribution in [0.5, 0.6) is 0 Å². The molecule has 4 nitrogen and oxygen atoms in total. The minimum Gasteiger partial charge on any atom is -0.411 e. The molecule has 0 unspecified atom stereocenters. The summed E-state index contributed by atoms with van der Waals surface area (Å²) in [6.07, 6.45) is 0. The molecule has 0 aliphatic rings. The van der Waals surface area contributed by atoms with E-state index in [1.165, 1.54) is 0 Å². The van der Waals surface area contributed by atoms with E-state index in [-0.39, 0.29) is 27.3 Å². The number of nitrogens with zero attached hydrogens (tertiary/aromatic N) is 4. The van der Waals surface area contributed by atoms with E-state index in [0.29, 0.717) is 17.3 Å². The van der Waals surface area contributed by atoms with E-state index >= 15 is 0 Å². The molecule has 0 N–H and O–H groups in total. The maximum Gasteiger partial charge on any atom is 0.00456 e. The zero-order valence-electron chi connectivity index (χ0n) is 15.6. The Balaban J connectivity index is -0.0000000702. The molecule has 0 fully saturated rings. The molecule has 0 rings (SSSR count). The second kappa shape index (κ2) is 23.4. The minimum atomic E-state index is 0. The van der Waals surface area contributed by atoms with Gasteiger partial charge in [0.25, 0.3) is 0 Å². The molecule has 4 radical (unpaired) electrons. The van der Waals surface area contributed by atoms with E-state index in [4.69, 9.17) is 0 Å². The first-order valence-corrected chi connectivity index (χ1v) is 9.37. The fourth-order valence-corrected chi connectivity index (χ4v) is 0. The van der Waals surface area contributed by atoms with Gasteiger partial charge in [0.1, 0.15) is 0 Å². The summed E-state index contributed by atoms with van der Waals surface area (Å²) in [4.78, 5) is 6.85. The van der Waals surface area contributed by atoms with E-state index in [1.54, 1.807) is 19.6 Å². The molecule has 0 atom stereocenters. The van der Waals surface area contributed by atoms with Gasteiger partial charge in [-0.15, -0.1) is 0 Å². The third-order valence-corrected chi connectivity index (χ3v) is 4.38. The first-order valence-electron chi connectivity index (χ1n) is 6.11. The molecule has 0 aromatic carbocycles. The van der Waals surface area contributed by atoms with E-state index in [2.05, 4.69) is 99.4 Å². The Morgan fingerprint density at radius 3 is 0.480 bits per heavy atom. The van der Waals surface area contributed by atoms with Gasteiger partial charge in [-0.1, -0.05) is 17.3 Å². The zero-order chi connectivity index (χ0) is 20.6. The Kier molecular flexibility index (Phi) is 34.8. The van der Waals surface area contributed by atoms with Crippen molar-refractivity contribution in [3.63, 3.8) is 0 Å². The van der Waals surface area contributed by atoms with Gasteiger partial charge >= 0.3 is 0 Å². The van der Waals surface area contributed by atoms with Crippen molar-refractivity contribution in [1.29, 1.82) is 0 Å². The van der Waals surface area contributed by atoms with E-state index < -0.39 is 0 Å². The summed E-state index contributed by atoms with van der Waals surface area (Å²) >= 11 is 36.5. The van der Waals surface area contributed by atoms with Crippen molar-refractivity contribution >= 4 is 144 Å². The molecule has 0 bridgehead atoms. The molecule has 0 saturated carbocycles. The molecular formula is C12H24N4PbS8-4. The standard InChI is InChI=1S/4C3H7NS2.Pb/c4*1-4(2)3(5)6;/h4*1-2H3,(H,5,6);/p-4. The number of thiocarbonyl (C=S) groups is 4. The van der Waals surface area contributed by atoms with Gasteiger partial charge in [-0.2, -0.15) is 0 Å². The Bertz CT molecular complexity index is 317.